The zero-order chi connectivity index (χ0) is 24.9. The van der Waals surface area contributed by atoms with Crippen molar-refractivity contribution >= 4 is 28.5 Å². The molecule has 2 aliphatic rings. The average molecular weight is 486 g/mol. The molecule has 1 aliphatic carbocycles. The van der Waals surface area contributed by atoms with Gasteiger partial charge in [-0.05, 0) is 56.2 Å². The maximum absolute atomic E-state index is 13.0. The van der Waals surface area contributed by atoms with Gasteiger partial charge in [0.1, 0.15) is 0 Å². The zero-order valence-corrected chi connectivity index (χ0v) is 21.3. The lowest BCUT2D eigenvalue weighted by atomic mass is 9.80. The normalized spacial score (nSPS) is 20.9. The van der Waals surface area contributed by atoms with Gasteiger partial charge in [0.05, 0.1) is 17.6 Å². The van der Waals surface area contributed by atoms with Crippen molar-refractivity contribution in [2.75, 3.05) is 51.8 Å². The molecule has 9 heteroatoms. The number of hydrogen-bond donors (Lipinski definition) is 1. The molecule has 2 fully saturated rings. The van der Waals surface area contributed by atoms with E-state index in [2.05, 4.69) is 5.32 Å². The molecule has 0 bridgehead atoms. The molecule has 4 rings (SSSR count). The minimum absolute atomic E-state index is 0.0163. The number of amides is 2. The van der Waals surface area contributed by atoms with Crippen LogP contribution in [0, 0.1) is 11.8 Å². The SMILES string of the molecule is COCCNc1ccc2c(c1)n(CCC1CCC(C(=O)N3CCN(C(C)=O)CC3)CC1)c(=O)n2C. The monoisotopic (exact) mass is 485 g/mol. The van der Waals surface area contributed by atoms with E-state index in [9.17, 15) is 14.4 Å². The first kappa shape index (κ1) is 25.3. The number of aryl methyl sites for hydroxylation is 2. The van der Waals surface area contributed by atoms with Gasteiger partial charge < -0.3 is 19.9 Å². The molecule has 35 heavy (non-hydrogen) atoms. The number of benzene rings is 1. The quantitative estimate of drug-likeness (QED) is 0.580. The summed E-state index contributed by atoms with van der Waals surface area (Å²) in [5.41, 5.74) is 2.89. The summed E-state index contributed by atoms with van der Waals surface area (Å²) in [6, 6.07) is 6.04. The van der Waals surface area contributed by atoms with E-state index in [1.807, 2.05) is 39.6 Å². The highest BCUT2D eigenvalue weighted by Crippen LogP contribution is 2.33. The van der Waals surface area contributed by atoms with Crippen molar-refractivity contribution in [2.24, 2.45) is 18.9 Å². The third-order valence-electron chi connectivity index (χ3n) is 7.77. The Hall–Kier alpha value is -2.81. The molecule has 1 aromatic carbocycles. The highest BCUT2D eigenvalue weighted by Gasteiger charge is 2.31. The maximum Gasteiger partial charge on any atom is 0.328 e. The number of fused-ring (bicyclic) bond motifs is 1. The second-order valence-electron chi connectivity index (χ2n) is 9.95. The Labute approximate surface area is 207 Å². The molecular weight excluding hydrogens is 446 g/mol. The van der Waals surface area contributed by atoms with Crippen LogP contribution in [0.3, 0.4) is 0 Å². The second-order valence-corrected chi connectivity index (χ2v) is 9.95. The Kier molecular flexibility index (Phi) is 8.15. The first-order valence-electron chi connectivity index (χ1n) is 12.9. The largest absolute Gasteiger partial charge is 0.383 e. The standard InChI is InChI=1S/C26H39N5O4/c1-19(32)29-13-15-30(16-14-29)25(33)21-6-4-20(5-7-21)10-12-31-24-18-22(27-11-17-35-3)8-9-23(24)28(2)26(31)34/h8-9,18,20-21,27H,4-7,10-17H2,1-3H3. The van der Waals surface area contributed by atoms with Crippen LogP contribution in [0.1, 0.15) is 39.0 Å². The first-order valence-corrected chi connectivity index (χ1v) is 12.9. The highest BCUT2D eigenvalue weighted by atomic mass is 16.5. The second kappa shape index (κ2) is 11.3. The Balaban J connectivity index is 1.31. The summed E-state index contributed by atoms with van der Waals surface area (Å²) in [5.74, 6) is 0.960. The number of nitrogens with one attached hydrogen (secondary N) is 1. The molecule has 0 radical (unpaired) electrons. The van der Waals surface area contributed by atoms with Crippen molar-refractivity contribution in [1.82, 2.24) is 18.9 Å². The van der Waals surface area contributed by atoms with E-state index in [1.165, 1.54) is 0 Å². The van der Waals surface area contributed by atoms with Gasteiger partial charge in [0.2, 0.25) is 11.8 Å². The molecular formula is C26H39N5O4. The van der Waals surface area contributed by atoms with Gasteiger partial charge in [0.15, 0.2) is 0 Å². The van der Waals surface area contributed by atoms with Crippen LogP contribution < -0.4 is 11.0 Å². The molecule has 1 N–H and O–H groups in total. The van der Waals surface area contributed by atoms with Crippen LogP contribution >= 0.6 is 0 Å². The average Bonchev–Trinajstić information content (AvgIpc) is 3.11. The van der Waals surface area contributed by atoms with Gasteiger partial charge >= 0.3 is 5.69 Å². The molecule has 0 unspecified atom stereocenters. The minimum atomic E-state index is 0.0163. The maximum atomic E-state index is 13.0. The lowest BCUT2D eigenvalue weighted by Crippen LogP contribution is -2.51. The highest BCUT2D eigenvalue weighted by molar-refractivity contribution is 5.80. The number of nitrogens with zero attached hydrogens (tertiary/aromatic N) is 4. The molecule has 192 valence electrons. The number of methoxy groups -OCH3 is 1. The molecule has 0 atom stereocenters. The summed E-state index contributed by atoms with van der Waals surface area (Å²) >= 11 is 0. The number of anilines is 1. The van der Waals surface area contributed by atoms with E-state index in [1.54, 1.807) is 18.6 Å². The predicted molar refractivity (Wildman–Crippen MR) is 136 cm³/mol. The molecule has 2 amide bonds. The molecule has 0 spiro atoms. The summed E-state index contributed by atoms with van der Waals surface area (Å²) in [4.78, 5) is 41.2. The molecule has 2 heterocycles. The smallest absolute Gasteiger partial charge is 0.328 e. The summed E-state index contributed by atoms with van der Waals surface area (Å²) < 4.78 is 8.72. The lowest BCUT2D eigenvalue weighted by Gasteiger charge is -2.37. The summed E-state index contributed by atoms with van der Waals surface area (Å²) in [6.07, 6.45) is 4.81. The fourth-order valence-corrected chi connectivity index (χ4v) is 5.54. The van der Waals surface area contributed by atoms with E-state index in [0.717, 1.165) is 48.8 Å². The predicted octanol–water partition coefficient (Wildman–Crippen LogP) is 2.29. The van der Waals surface area contributed by atoms with Crippen molar-refractivity contribution in [2.45, 2.75) is 45.6 Å². The van der Waals surface area contributed by atoms with Crippen LogP contribution in [0.5, 0.6) is 0 Å². The van der Waals surface area contributed by atoms with Gasteiger partial charge in [-0.3, -0.25) is 18.7 Å². The number of imidazole rings is 1. The van der Waals surface area contributed by atoms with Crippen LogP contribution in [-0.2, 0) is 27.9 Å². The van der Waals surface area contributed by atoms with Crippen molar-refractivity contribution < 1.29 is 14.3 Å². The van der Waals surface area contributed by atoms with Gasteiger partial charge in [0.25, 0.3) is 0 Å². The van der Waals surface area contributed by atoms with Gasteiger partial charge in [0, 0.05) is 72.0 Å². The van der Waals surface area contributed by atoms with Crippen LogP contribution in [-0.4, -0.2) is 77.2 Å². The van der Waals surface area contributed by atoms with E-state index < -0.39 is 0 Å². The third-order valence-corrected chi connectivity index (χ3v) is 7.77. The van der Waals surface area contributed by atoms with Crippen LogP contribution in [0.2, 0.25) is 0 Å². The van der Waals surface area contributed by atoms with Crippen molar-refractivity contribution in [1.29, 1.82) is 0 Å². The Morgan fingerprint density at radius 2 is 1.71 bits per heavy atom. The number of carbonyl (C=O) groups is 2. The van der Waals surface area contributed by atoms with Crippen molar-refractivity contribution in [3.8, 4) is 0 Å². The Bertz CT molecular complexity index is 1090. The molecule has 1 saturated carbocycles. The number of ether oxygens (including phenoxy) is 1. The number of hydrogen-bond acceptors (Lipinski definition) is 5. The van der Waals surface area contributed by atoms with Gasteiger partial charge in [-0.25, -0.2) is 4.79 Å². The summed E-state index contributed by atoms with van der Waals surface area (Å²) in [5, 5.41) is 3.34. The molecule has 9 nitrogen and oxygen atoms in total. The van der Waals surface area contributed by atoms with E-state index in [0.29, 0.717) is 51.8 Å². The summed E-state index contributed by atoms with van der Waals surface area (Å²) in [6.45, 7) is 6.18. The first-order chi connectivity index (χ1) is 16.9. The van der Waals surface area contributed by atoms with E-state index in [4.69, 9.17) is 4.74 Å². The zero-order valence-electron chi connectivity index (χ0n) is 21.3. The van der Waals surface area contributed by atoms with Gasteiger partial charge in [-0.2, -0.15) is 0 Å². The molecule has 2 aromatic rings. The van der Waals surface area contributed by atoms with Gasteiger partial charge in [-0.1, -0.05) is 0 Å². The Morgan fingerprint density at radius 3 is 2.37 bits per heavy atom. The number of piperazine rings is 1. The third kappa shape index (κ3) is 5.72. The number of carbonyl (C=O) groups excluding carboxylic acids is 2. The Morgan fingerprint density at radius 1 is 1.03 bits per heavy atom. The fourth-order valence-electron chi connectivity index (χ4n) is 5.54. The van der Waals surface area contributed by atoms with Crippen LogP contribution in [0.25, 0.3) is 11.0 Å². The van der Waals surface area contributed by atoms with E-state index in [-0.39, 0.29) is 23.4 Å². The summed E-state index contributed by atoms with van der Waals surface area (Å²) in [7, 11) is 3.51. The lowest BCUT2D eigenvalue weighted by molar-refractivity contribution is -0.142. The van der Waals surface area contributed by atoms with Crippen molar-refractivity contribution in [3.05, 3.63) is 28.7 Å². The molecule has 1 aliphatic heterocycles. The van der Waals surface area contributed by atoms with Crippen molar-refractivity contribution in [3.63, 3.8) is 0 Å². The van der Waals surface area contributed by atoms with E-state index >= 15 is 0 Å². The number of aromatic nitrogens is 2. The van der Waals surface area contributed by atoms with Crippen LogP contribution in [0.4, 0.5) is 5.69 Å². The molecule has 1 saturated heterocycles. The fraction of sp³-hybridized carbons (Fsp3) is 0.654. The molecule has 1 aromatic heterocycles. The van der Waals surface area contributed by atoms with Crippen LogP contribution in [0.15, 0.2) is 23.0 Å². The number of rotatable bonds is 8. The topological polar surface area (TPSA) is 88.8 Å². The minimum Gasteiger partial charge on any atom is -0.383 e. The van der Waals surface area contributed by atoms with Gasteiger partial charge in [-0.15, -0.1) is 0 Å².